The molecule has 2 atom stereocenters. The molecule has 3 fully saturated rings. The maximum absolute atomic E-state index is 14.3. The fourth-order valence-electron chi connectivity index (χ4n) is 6.58. The number of rotatable bonds is 5. The van der Waals surface area contributed by atoms with Gasteiger partial charge in [0.05, 0.1) is 6.04 Å². The molecule has 45 heavy (non-hydrogen) atoms. The Labute approximate surface area is 259 Å². The molecule has 0 radical (unpaired) electrons. The number of hydrogen-bond acceptors (Lipinski definition) is 4. The maximum Gasteiger partial charge on any atom is 0.490 e. The number of hydrogen-bond donors (Lipinski definition) is 2. The number of halogens is 4. The SMILES string of the molecule is C[C@H]1C[C@]2(CCN1Cc1cccc(-n3cccc3)c1)C(=NC1CCCCC1)NC(=O)N2c1cccc(F)c1.O=C(O)C(F)(F)F. The first-order chi connectivity index (χ1) is 21.5. The van der Waals surface area contributed by atoms with Crippen molar-refractivity contribution in [2.75, 3.05) is 11.4 Å². The van der Waals surface area contributed by atoms with Gasteiger partial charge in [-0.3, -0.25) is 20.1 Å². The van der Waals surface area contributed by atoms with E-state index in [-0.39, 0.29) is 23.9 Å². The summed E-state index contributed by atoms with van der Waals surface area (Å²) in [6.07, 6.45) is 6.27. The van der Waals surface area contributed by atoms with E-state index < -0.39 is 17.7 Å². The number of aliphatic carboxylic acids is 1. The highest BCUT2D eigenvalue weighted by Gasteiger charge is 2.54. The number of nitrogens with one attached hydrogen (secondary N) is 1. The van der Waals surface area contributed by atoms with Crippen molar-refractivity contribution in [2.45, 2.75) is 82.2 Å². The second kappa shape index (κ2) is 13.4. The van der Waals surface area contributed by atoms with E-state index in [0.29, 0.717) is 5.69 Å². The predicted molar refractivity (Wildman–Crippen MR) is 163 cm³/mol. The molecule has 1 aromatic heterocycles. The topological polar surface area (TPSA) is 90.2 Å². The van der Waals surface area contributed by atoms with Gasteiger partial charge in [0, 0.05) is 42.9 Å². The van der Waals surface area contributed by atoms with E-state index >= 15 is 0 Å². The Kier molecular flexibility index (Phi) is 9.62. The minimum absolute atomic E-state index is 0.203. The number of likely N-dealkylation sites (tertiary alicyclic amines) is 1. The number of nitrogens with zero attached hydrogens (tertiary/aromatic N) is 4. The molecule has 2 amide bonds. The molecule has 1 spiro atoms. The molecule has 2 saturated heterocycles. The van der Waals surface area contributed by atoms with Gasteiger partial charge in [-0.2, -0.15) is 13.2 Å². The van der Waals surface area contributed by atoms with Gasteiger partial charge in [0.25, 0.3) is 0 Å². The van der Waals surface area contributed by atoms with Crippen LogP contribution >= 0.6 is 0 Å². The lowest BCUT2D eigenvalue weighted by molar-refractivity contribution is -0.192. The number of carbonyl (C=O) groups is 2. The van der Waals surface area contributed by atoms with E-state index in [0.717, 1.165) is 50.3 Å². The molecule has 2 aliphatic heterocycles. The number of aliphatic imine (C=N–C) groups is 1. The van der Waals surface area contributed by atoms with Crippen LogP contribution in [0.1, 0.15) is 57.4 Å². The van der Waals surface area contributed by atoms with Crippen LogP contribution in [-0.4, -0.2) is 62.8 Å². The quantitative estimate of drug-likeness (QED) is 0.300. The van der Waals surface area contributed by atoms with Gasteiger partial charge in [0.1, 0.15) is 17.2 Å². The summed E-state index contributed by atoms with van der Waals surface area (Å²) >= 11 is 0. The Bertz CT molecular complexity index is 1520. The van der Waals surface area contributed by atoms with Gasteiger partial charge in [-0.05, 0) is 80.6 Å². The molecule has 0 unspecified atom stereocenters. The van der Waals surface area contributed by atoms with Gasteiger partial charge in [-0.1, -0.05) is 37.5 Å². The summed E-state index contributed by atoms with van der Waals surface area (Å²) in [5.74, 6) is -2.32. The van der Waals surface area contributed by atoms with Gasteiger partial charge in [-0.25, -0.2) is 14.0 Å². The molecule has 8 nitrogen and oxygen atoms in total. The van der Waals surface area contributed by atoms with Gasteiger partial charge in [0.15, 0.2) is 0 Å². The Morgan fingerprint density at radius 1 is 1.02 bits per heavy atom. The number of urea groups is 1. The van der Waals surface area contributed by atoms with Crippen molar-refractivity contribution in [1.29, 1.82) is 0 Å². The number of carboxylic acid groups (broad SMARTS) is 1. The Hall–Kier alpha value is -4.19. The standard InChI is InChI=1S/C31H36FN5O.C2HF3O2/c1-23-21-31(15-18-36(23)22-24-9-7-13-27(19-24)35-16-5-6-17-35)29(33-26-11-3-2-4-12-26)34-30(38)37(31)28-14-8-10-25(32)20-28;3-2(4,5)1(6)7/h5-10,13-14,16-17,19-20,23,26H,2-4,11-12,15,18,21-22H2,1H3,(H,33,34,38);(H,6,7)/t23-,31+;/m0./s1. The molecule has 3 heterocycles. The van der Waals surface area contributed by atoms with Crippen molar-refractivity contribution in [3.8, 4) is 5.69 Å². The molecule has 0 bridgehead atoms. The predicted octanol–water partition coefficient (Wildman–Crippen LogP) is 6.93. The van der Waals surface area contributed by atoms with E-state index in [1.807, 2.05) is 18.2 Å². The fourth-order valence-corrected chi connectivity index (χ4v) is 6.58. The first kappa shape index (κ1) is 32.2. The number of carboxylic acids is 1. The number of amidine groups is 1. The normalized spacial score (nSPS) is 23.6. The van der Waals surface area contributed by atoms with Crippen molar-refractivity contribution in [3.63, 3.8) is 0 Å². The van der Waals surface area contributed by atoms with Crippen LogP contribution in [0.5, 0.6) is 0 Å². The van der Waals surface area contributed by atoms with E-state index in [1.165, 1.54) is 37.0 Å². The Morgan fingerprint density at radius 3 is 2.33 bits per heavy atom. The fraction of sp³-hybridized carbons (Fsp3) is 0.424. The molecule has 240 valence electrons. The summed E-state index contributed by atoms with van der Waals surface area (Å²) in [7, 11) is 0. The third kappa shape index (κ3) is 7.38. The van der Waals surface area contributed by atoms with E-state index in [9.17, 15) is 22.4 Å². The average molecular weight is 628 g/mol. The highest BCUT2D eigenvalue weighted by Crippen LogP contribution is 2.41. The number of piperidine rings is 1. The number of aromatic nitrogens is 1. The molecular weight excluding hydrogens is 590 g/mol. The third-order valence-corrected chi connectivity index (χ3v) is 8.76. The molecule has 1 aliphatic carbocycles. The van der Waals surface area contributed by atoms with Crippen molar-refractivity contribution < 1.29 is 32.3 Å². The molecule has 1 saturated carbocycles. The monoisotopic (exact) mass is 627 g/mol. The maximum atomic E-state index is 14.3. The van der Waals surface area contributed by atoms with Gasteiger partial charge >= 0.3 is 18.2 Å². The summed E-state index contributed by atoms with van der Waals surface area (Å²) in [5, 5.41) is 10.3. The summed E-state index contributed by atoms with van der Waals surface area (Å²) in [6, 6.07) is 19.4. The number of amides is 2. The van der Waals surface area contributed by atoms with Crippen LogP contribution in [0.4, 0.5) is 28.0 Å². The third-order valence-electron chi connectivity index (χ3n) is 8.76. The molecule has 2 N–H and O–H groups in total. The van der Waals surface area contributed by atoms with Crippen LogP contribution in [0.2, 0.25) is 0 Å². The summed E-state index contributed by atoms with van der Waals surface area (Å²) < 4.78 is 48.2. The lowest BCUT2D eigenvalue weighted by Crippen LogP contribution is -2.59. The van der Waals surface area contributed by atoms with Crippen molar-refractivity contribution >= 4 is 23.5 Å². The Balaban J connectivity index is 0.000000515. The van der Waals surface area contributed by atoms with Crippen LogP contribution in [0, 0.1) is 5.82 Å². The second-order valence-corrected chi connectivity index (χ2v) is 11.9. The van der Waals surface area contributed by atoms with Crippen LogP contribution in [0.15, 0.2) is 78.0 Å². The van der Waals surface area contributed by atoms with Crippen LogP contribution in [0.3, 0.4) is 0 Å². The highest BCUT2D eigenvalue weighted by molar-refractivity contribution is 6.19. The highest BCUT2D eigenvalue weighted by atomic mass is 19.4. The van der Waals surface area contributed by atoms with Crippen molar-refractivity contribution in [2.24, 2.45) is 4.99 Å². The molecule has 2 aromatic carbocycles. The van der Waals surface area contributed by atoms with E-state index in [1.54, 1.807) is 11.0 Å². The number of alkyl halides is 3. The van der Waals surface area contributed by atoms with Crippen LogP contribution in [-0.2, 0) is 11.3 Å². The van der Waals surface area contributed by atoms with Crippen molar-refractivity contribution in [1.82, 2.24) is 14.8 Å². The van der Waals surface area contributed by atoms with Crippen LogP contribution in [0.25, 0.3) is 5.69 Å². The average Bonchev–Trinajstić information content (AvgIpc) is 3.62. The van der Waals surface area contributed by atoms with Crippen LogP contribution < -0.4 is 10.2 Å². The second-order valence-electron chi connectivity index (χ2n) is 11.9. The van der Waals surface area contributed by atoms with Gasteiger partial charge in [-0.15, -0.1) is 0 Å². The lowest BCUT2D eigenvalue weighted by atomic mass is 9.81. The van der Waals surface area contributed by atoms with Gasteiger partial charge < -0.3 is 9.67 Å². The summed E-state index contributed by atoms with van der Waals surface area (Å²) in [5.41, 5.74) is 2.41. The zero-order valence-electron chi connectivity index (χ0n) is 25.0. The zero-order chi connectivity index (χ0) is 32.2. The summed E-state index contributed by atoms with van der Waals surface area (Å²) in [6.45, 7) is 3.89. The first-order valence-corrected chi connectivity index (χ1v) is 15.2. The van der Waals surface area contributed by atoms with E-state index in [4.69, 9.17) is 14.9 Å². The number of benzene rings is 2. The van der Waals surface area contributed by atoms with E-state index in [2.05, 4.69) is 58.4 Å². The molecule has 12 heteroatoms. The Morgan fingerprint density at radius 2 is 1.69 bits per heavy atom. The molecule has 3 aromatic rings. The number of carbonyl (C=O) groups excluding carboxylic acids is 1. The van der Waals surface area contributed by atoms with Crippen molar-refractivity contribution in [3.05, 3.63) is 84.4 Å². The smallest absolute Gasteiger partial charge is 0.475 e. The lowest BCUT2D eigenvalue weighted by Gasteiger charge is -2.47. The minimum atomic E-state index is -5.08. The molecule has 3 aliphatic rings. The minimum Gasteiger partial charge on any atom is -0.475 e. The number of anilines is 1. The zero-order valence-corrected chi connectivity index (χ0v) is 25.0. The largest absolute Gasteiger partial charge is 0.490 e. The van der Waals surface area contributed by atoms with Gasteiger partial charge in [0.2, 0.25) is 0 Å². The molecular formula is C33H37F4N5O3. The summed E-state index contributed by atoms with van der Waals surface area (Å²) in [4.78, 5) is 31.8. The molecule has 6 rings (SSSR count). The first-order valence-electron chi connectivity index (χ1n) is 15.2.